The van der Waals surface area contributed by atoms with Crippen LogP contribution in [0, 0.1) is 0 Å². The van der Waals surface area contributed by atoms with E-state index >= 15 is 0 Å². The van der Waals surface area contributed by atoms with Gasteiger partial charge < -0.3 is 15.4 Å². The summed E-state index contributed by atoms with van der Waals surface area (Å²) >= 11 is 2.98. The standard InChI is InChI=1S/C11H9BrF3N3O2/c12-5-1-2-6(7(3-5)11(13,14)15)10-17-9(18-20-10)8(16)4-19/h1-3,8,19H,4,16H2. The van der Waals surface area contributed by atoms with Crippen molar-refractivity contribution >= 4 is 15.9 Å². The third-order valence-electron chi connectivity index (χ3n) is 2.49. The van der Waals surface area contributed by atoms with Crippen molar-refractivity contribution in [2.45, 2.75) is 12.2 Å². The predicted molar refractivity (Wildman–Crippen MR) is 66.5 cm³/mol. The Morgan fingerprint density at radius 2 is 2.10 bits per heavy atom. The fourth-order valence-electron chi connectivity index (χ4n) is 1.51. The van der Waals surface area contributed by atoms with Crippen LogP contribution in [-0.2, 0) is 6.18 Å². The summed E-state index contributed by atoms with van der Waals surface area (Å²) in [7, 11) is 0. The number of halogens is 4. The molecule has 0 aliphatic heterocycles. The van der Waals surface area contributed by atoms with E-state index in [0.717, 1.165) is 6.07 Å². The third-order valence-corrected chi connectivity index (χ3v) is 2.98. The van der Waals surface area contributed by atoms with Gasteiger partial charge in [0.25, 0.3) is 5.89 Å². The van der Waals surface area contributed by atoms with Crippen molar-refractivity contribution in [1.82, 2.24) is 10.1 Å². The van der Waals surface area contributed by atoms with Crippen molar-refractivity contribution in [2.75, 3.05) is 6.61 Å². The summed E-state index contributed by atoms with van der Waals surface area (Å²) in [6, 6.07) is 2.66. The van der Waals surface area contributed by atoms with Gasteiger partial charge in [0.2, 0.25) is 0 Å². The Hall–Kier alpha value is -1.45. The molecular weight excluding hydrogens is 343 g/mol. The van der Waals surface area contributed by atoms with Crippen LogP contribution in [0.4, 0.5) is 13.2 Å². The van der Waals surface area contributed by atoms with Gasteiger partial charge in [-0.05, 0) is 18.2 Å². The minimum atomic E-state index is -4.56. The van der Waals surface area contributed by atoms with Gasteiger partial charge in [-0.15, -0.1) is 0 Å². The van der Waals surface area contributed by atoms with E-state index in [0.29, 0.717) is 0 Å². The lowest BCUT2D eigenvalue weighted by Gasteiger charge is -2.10. The Labute approximate surface area is 119 Å². The van der Waals surface area contributed by atoms with Crippen molar-refractivity contribution in [2.24, 2.45) is 5.73 Å². The molecule has 2 rings (SSSR count). The first-order valence-corrected chi connectivity index (χ1v) is 6.19. The monoisotopic (exact) mass is 351 g/mol. The molecule has 0 saturated carbocycles. The number of aromatic nitrogens is 2. The van der Waals surface area contributed by atoms with Gasteiger partial charge in [-0.25, -0.2) is 0 Å². The summed E-state index contributed by atoms with van der Waals surface area (Å²) < 4.78 is 44.0. The third kappa shape index (κ3) is 3.00. The lowest BCUT2D eigenvalue weighted by atomic mass is 10.1. The SMILES string of the molecule is NC(CO)c1noc(-c2ccc(Br)cc2C(F)(F)F)n1. The van der Waals surface area contributed by atoms with Crippen LogP contribution in [0.15, 0.2) is 27.2 Å². The number of nitrogens with two attached hydrogens (primary N) is 1. The van der Waals surface area contributed by atoms with Crippen LogP contribution in [-0.4, -0.2) is 21.9 Å². The summed E-state index contributed by atoms with van der Waals surface area (Å²) in [5.74, 6) is -0.359. The molecule has 1 aromatic heterocycles. The molecular formula is C11H9BrF3N3O2. The fourth-order valence-corrected chi connectivity index (χ4v) is 1.88. The highest BCUT2D eigenvalue weighted by molar-refractivity contribution is 9.10. The molecule has 0 amide bonds. The number of hydrogen-bond donors (Lipinski definition) is 2. The zero-order valence-corrected chi connectivity index (χ0v) is 11.4. The number of hydrogen-bond acceptors (Lipinski definition) is 5. The minimum absolute atomic E-state index is 0.0569. The Morgan fingerprint density at radius 1 is 1.40 bits per heavy atom. The summed E-state index contributed by atoms with van der Waals surface area (Å²) in [5, 5.41) is 12.3. The van der Waals surface area contributed by atoms with E-state index in [4.69, 9.17) is 15.4 Å². The zero-order chi connectivity index (χ0) is 14.9. The van der Waals surface area contributed by atoms with Crippen LogP contribution in [0.5, 0.6) is 0 Å². The van der Waals surface area contributed by atoms with E-state index in [1.807, 2.05) is 0 Å². The first kappa shape index (κ1) is 14.9. The number of aliphatic hydroxyl groups is 1. The van der Waals surface area contributed by atoms with Gasteiger partial charge in [0, 0.05) is 4.47 Å². The van der Waals surface area contributed by atoms with E-state index < -0.39 is 24.4 Å². The zero-order valence-electron chi connectivity index (χ0n) is 9.86. The first-order valence-electron chi connectivity index (χ1n) is 5.40. The maximum absolute atomic E-state index is 13.0. The van der Waals surface area contributed by atoms with Crippen molar-refractivity contribution < 1.29 is 22.8 Å². The number of alkyl halides is 3. The van der Waals surface area contributed by atoms with Crippen LogP contribution in [0.1, 0.15) is 17.4 Å². The molecule has 0 saturated heterocycles. The number of rotatable bonds is 3. The molecule has 1 aromatic carbocycles. The Kier molecular flexibility index (Phi) is 4.11. The highest BCUT2D eigenvalue weighted by Crippen LogP contribution is 2.38. The molecule has 0 spiro atoms. The fraction of sp³-hybridized carbons (Fsp3) is 0.273. The highest BCUT2D eigenvalue weighted by Gasteiger charge is 2.35. The van der Waals surface area contributed by atoms with Gasteiger partial charge in [0.1, 0.15) is 0 Å². The summed E-state index contributed by atoms with van der Waals surface area (Å²) in [6.07, 6.45) is -4.56. The number of benzene rings is 1. The maximum Gasteiger partial charge on any atom is 0.417 e. The average molecular weight is 352 g/mol. The van der Waals surface area contributed by atoms with Crippen molar-refractivity contribution in [3.8, 4) is 11.5 Å². The van der Waals surface area contributed by atoms with E-state index in [9.17, 15) is 13.2 Å². The molecule has 0 radical (unpaired) electrons. The molecule has 1 unspecified atom stereocenters. The molecule has 0 aliphatic rings. The van der Waals surface area contributed by atoms with Gasteiger partial charge in [-0.1, -0.05) is 21.1 Å². The van der Waals surface area contributed by atoms with Crippen molar-refractivity contribution in [3.63, 3.8) is 0 Å². The molecule has 0 aliphatic carbocycles. The van der Waals surface area contributed by atoms with E-state index in [2.05, 4.69) is 26.1 Å². The lowest BCUT2D eigenvalue weighted by Crippen LogP contribution is -2.16. The highest BCUT2D eigenvalue weighted by atomic mass is 79.9. The normalized spacial score (nSPS) is 13.5. The van der Waals surface area contributed by atoms with Crippen LogP contribution in [0.3, 0.4) is 0 Å². The van der Waals surface area contributed by atoms with Crippen LogP contribution >= 0.6 is 15.9 Å². The minimum Gasteiger partial charge on any atom is -0.394 e. The van der Waals surface area contributed by atoms with Crippen molar-refractivity contribution in [1.29, 1.82) is 0 Å². The van der Waals surface area contributed by atoms with E-state index in [1.54, 1.807) is 0 Å². The molecule has 20 heavy (non-hydrogen) atoms. The average Bonchev–Trinajstić information content (AvgIpc) is 2.86. The largest absolute Gasteiger partial charge is 0.417 e. The first-order chi connectivity index (χ1) is 9.32. The number of nitrogens with zero attached hydrogens (tertiary/aromatic N) is 2. The second kappa shape index (κ2) is 5.51. The van der Waals surface area contributed by atoms with E-state index in [1.165, 1.54) is 12.1 Å². The molecule has 3 N–H and O–H groups in total. The van der Waals surface area contributed by atoms with Gasteiger partial charge in [0.15, 0.2) is 5.82 Å². The molecule has 9 heteroatoms. The lowest BCUT2D eigenvalue weighted by molar-refractivity contribution is -0.137. The smallest absolute Gasteiger partial charge is 0.394 e. The topological polar surface area (TPSA) is 85.2 Å². The Morgan fingerprint density at radius 3 is 2.70 bits per heavy atom. The Bertz CT molecular complexity index is 615. The second-order valence-corrected chi connectivity index (χ2v) is 4.85. The molecule has 1 heterocycles. The molecule has 5 nitrogen and oxygen atoms in total. The predicted octanol–water partition coefficient (Wildman–Crippen LogP) is 2.51. The second-order valence-electron chi connectivity index (χ2n) is 3.93. The van der Waals surface area contributed by atoms with E-state index in [-0.39, 0.29) is 21.8 Å². The maximum atomic E-state index is 13.0. The summed E-state index contributed by atoms with van der Waals surface area (Å²) in [5.41, 5.74) is 4.32. The van der Waals surface area contributed by atoms with Gasteiger partial charge in [-0.3, -0.25) is 0 Å². The molecule has 0 bridgehead atoms. The van der Waals surface area contributed by atoms with Gasteiger partial charge >= 0.3 is 6.18 Å². The van der Waals surface area contributed by atoms with Gasteiger partial charge in [0.05, 0.1) is 23.8 Å². The van der Waals surface area contributed by atoms with Crippen LogP contribution < -0.4 is 5.73 Å². The van der Waals surface area contributed by atoms with Crippen LogP contribution in [0.25, 0.3) is 11.5 Å². The quantitative estimate of drug-likeness (QED) is 0.887. The Balaban J connectivity index is 2.50. The molecule has 108 valence electrons. The van der Waals surface area contributed by atoms with Crippen LogP contribution in [0.2, 0.25) is 0 Å². The number of aliphatic hydroxyl groups excluding tert-OH is 1. The van der Waals surface area contributed by atoms with Gasteiger partial charge in [-0.2, -0.15) is 18.2 Å². The molecule has 1 atom stereocenters. The van der Waals surface area contributed by atoms with Crippen molar-refractivity contribution in [3.05, 3.63) is 34.1 Å². The molecule has 0 fully saturated rings. The summed E-state index contributed by atoms with van der Waals surface area (Å²) in [6.45, 7) is -0.439. The summed E-state index contributed by atoms with van der Waals surface area (Å²) in [4.78, 5) is 3.78. The molecule has 2 aromatic rings.